The van der Waals surface area contributed by atoms with Crippen LogP contribution in [0.25, 0.3) is 10.9 Å². The van der Waals surface area contributed by atoms with Crippen molar-refractivity contribution in [2.75, 3.05) is 6.26 Å². The summed E-state index contributed by atoms with van der Waals surface area (Å²) < 4.78 is 35.0. The van der Waals surface area contributed by atoms with Gasteiger partial charge in [0.1, 0.15) is 5.75 Å². The van der Waals surface area contributed by atoms with Crippen LogP contribution in [-0.2, 0) is 20.8 Å². The molecule has 3 rings (SSSR count). The minimum atomic E-state index is -3.43. The van der Waals surface area contributed by atoms with Crippen LogP contribution in [0.2, 0.25) is 0 Å². The molecule has 21 heavy (non-hydrogen) atoms. The van der Waals surface area contributed by atoms with Crippen molar-refractivity contribution in [3.05, 3.63) is 30.5 Å². The van der Waals surface area contributed by atoms with Crippen molar-refractivity contribution in [1.82, 2.24) is 4.57 Å². The lowest BCUT2D eigenvalue weighted by Gasteiger charge is -2.13. The maximum atomic E-state index is 11.1. The molecule has 2 aromatic rings. The number of nitrogens with zero attached hydrogens (tertiary/aromatic N) is 1. The lowest BCUT2D eigenvalue weighted by atomic mass is 10.2. The van der Waals surface area contributed by atoms with E-state index < -0.39 is 16.2 Å². The van der Waals surface area contributed by atoms with Crippen molar-refractivity contribution in [2.45, 2.75) is 38.5 Å². The zero-order valence-electron chi connectivity index (χ0n) is 12.2. The second kappa shape index (κ2) is 5.35. The second-order valence-electron chi connectivity index (χ2n) is 5.62. The Kier molecular flexibility index (Phi) is 3.67. The van der Waals surface area contributed by atoms with Crippen LogP contribution in [0.4, 0.5) is 0 Å². The van der Waals surface area contributed by atoms with E-state index in [1.165, 1.54) is 0 Å². The first-order chi connectivity index (χ1) is 9.90. The summed E-state index contributed by atoms with van der Waals surface area (Å²) in [6.07, 6.45) is 5.26. The van der Waals surface area contributed by atoms with E-state index in [1.807, 2.05) is 35.0 Å². The van der Waals surface area contributed by atoms with Crippen LogP contribution in [0.15, 0.2) is 30.5 Å². The predicted molar refractivity (Wildman–Crippen MR) is 81.0 cm³/mol. The van der Waals surface area contributed by atoms with Gasteiger partial charge in [0.05, 0.1) is 25.0 Å². The molecule has 1 aromatic carbocycles. The molecule has 6 heteroatoms. The molecule has 114 valence electrons. The summed E-state index contributed by atoms with van der Waals surface area (Å²) in [5.41, 5.74) is 1.04. The highest BCUT2D eigenvalue weighted by atomic mass is 32.2. The number of rotatable bonds is 6. The zero-order chi connectivity index (χ0) is 15.0. The number of ether oxygens (including phenoxy) is 1. The van der Waals surface area contributed by atoms with Crippen molar-refractivity contribution in [3.8, 4) is 5.75 Å². The smallest absolute Gasteiger partial charge is 0.264 e. The van der Waals surface area contributed by atoms with Crippen molar-refractivity contribution in [1.29, 1.82) is 0 Å². The molecule has 0 bridgehead atoms. The van der Waals surface area contributed by atoms with Crippen molar-refractivity contribution in [2.24, 2.45) is 0 Å². The Morgan fingerprint density at radius 3 is 2.76 bits per heavy atom. The molecule has 1 heterocycles. The normalized spacial score (nSPS) is 17.0. The molecule has 1 aromatic heterocycles. The van der Waals surface area contributed by atoms with Gasteiger partial charge in [0, 0.05) is 17.1 Å². The van der Waals surface area contributed by atoms with E-state index in [0.717, 1.165) is 35.7 Å². The number of fused-ring (bicyclic) bond motifs is 1. The van der Waals surface area contributed by atoms with E-state index in [9.17, 15) is 8.42 Å². The maximum absolute atomic E-state index is 11.1. The molecule has 1 fully saturated rings. The van der Waals surface area contributed by atoms with Crippen molar-refractivity contribution >= 4 is 21.0 Å². The van der Waals surface area contributed by atoms with Crippen LogP contribution in [0.5, 0.6) is 5.75 Å². The number of benzene rings is 1. The Hall–Kier alpha value is -1.53. The van der Waals surface area contributed by atoms with Gasteiger partial charge in [-0.05, 0) is 44.0 Å². The summed E-state index contributed by atoms with van der Waals surface area (Å²) in [6, 6.07) is 7.98. The summed E-state index contributed by atoms with van der Waals surface area (Å²) in [6.45, 7) is 2.23. The SMILES string of the molecule is C[C@@H](Cn1ccc2cc(OC3CC3)ccc21)OS(C)(=O)=O. The summed E-state index contributed by atoms with van der Waals surface area (Å²) in [4.78, 5) is 0. The Morgan fingerprint density at radius 2 is 2.10 bits per heavy atom. The van der Waals surface area contributed by atoms with Crippen molar-refractivity contribution in [3.63, 3.8) is 0 Å². The van der Waals surface area contributed by atoms with E-state index >= 15 is 0 Å². The van der Waals surface area contributed by atoms with Gasteiger partial charge in [-0.3, -0.25) is 4.18 Å². The summed E-state index contributed by atoms with van der Waals surface area (Å²) >= 11 is 0. The monoisotopic (exact) mass is 309 g/mol. The molecule has 1 atom stereocenters. The standard InChI is InChI=1S/C15H19NO4S/c1-11(20-21(2,17)18)10-16-8-7-12-9-14(5-6-15(12)16)19-13-3-4-13/h5-9,11,13H,3-4,10H2,1-2H3/t11-/m0/s1. The molecule has 0 N–H and O–H groups in total. The molecule has 0 saturated heterocycles. The average molecular weight is 309 g/mol. The lowest BCUT2D eigenvalue weighted by Crippen LogP contribution is -2.19. The van der Waals surface area contributed by atoms with E-state index in [2.05, 4.69) is 0 Å². The molecule has 0 spiro atoms. The second-order valence-corrected chi connectivity index (χ2v) is 7.22. The highest BCUT2D eigenvalue weighted by molar-refractivity contribution is 7.86. The van der Waals surface area contributed by atoms with Gasteiger partial charge < -0.3 is 9.30 Å². The van der Waals surface area contributed by atoms with Gasteiger partial charge >= 0.3 is 0 Å². The van der Waals surface area contributed by atoms with Gasteiger partial charge in [0.25, 0.3) is 10.1 Å². The van der Waals surface area contributed by atoms with E-state index in [4.69, 9.17) is 8.92 Å². The third-order valence-corrected chi connectivity index (χ3v) is 4.04. The number of aromatic nitrogens is 1. The van der Waals surface area contributed by atoms with E-state index in [-0.39, 0.29) is 0 Å². The minimum Gasteiger partial charge on any atom is -0.490 e. The molecule has 1 aliphatic rings. The largest absolute Gasteiger partial charge is 0.490 e. The third-order valence-electron chi connectivity index (χ3n) is 3.36. The number of hydrogen-bond acceptors (Lipinski definition) is 4. The Labute approximate surface area is 124 Å². The quantitative estimate of drug-likeness (QED) is 0.770. The van der Waals surface area contributed by atoms with Crippen LogP contribution in [-0.4, -0.2) is 31.4 Å². The Bertz CT molecular complexity index is 746. The maximum Gasteiger partial charge on any atom is 0.264 e. The number of hydrogen-bond donors (Lipinski definition) is 0. The molecular weight excluding hydrogens is 290 g/mol. The average Bonchev–Trinajstić information content (AvgIpc) is 3.09. The zero-order valence-corrected chi connectivity index (χ0v) is 13.0. The third kappa shape index (κ3) is 3.77. The summed E-state index contributed by atoms with van der Waals surface area (Å²) in [5.74, 6) is 0.892. The van der Waals surface area contributed by atoms with Crippen LogP contribution in [0.3, 0.4) is 0 Å². The molecule has 0 radical (unpaired) electrons. The molecule has 1 aliphatic carbocycles. The summed E-state index contributed by atoms with van der Waals surface area (Å²) in [5, 5.41) is 1.08. The highest BCUT2D eigenvalue weighted by Crippen LogP contribution is 2.29. The van der Waals surface area contributed by atoms with Crippen LogP contribution in [0, 0.1) is 0 Å². The van der Waals surface area contributed by atoms with Gasteiger partial charge in [-0.15, -0.1) is 0 Å². The molecular formula is C15H19NO4S. The topological polar surface area (TPSA) is 57.5 Å². The Morgan fingerprint density at radius 1 is 1.33 bits per heavy atom. The fourth-order valence-electron chi connectivity index (χ4n) is 2.39. The summed E-state index contributed by atoms with van der Waals surface area (Å²) in [7, 11) is -3.43. The van der Waals surface area contributed by atoms with Gasteiger partial charge in [-0.25, -0.2) is 0 Å². The van der Waals surface area contributed by atoms with Crippen LogP contribution >= 0.6 is 0 Å². The first-order valence-electron chi connectivity index (χ1n) is 7.04. The van der Waals surface area contributed by atoms with Crippen molar-refractivity contribution < 1.29 is 17.3 Å². The fourth-order valence-corrected chi connectivity index (χ4v) is 3.05. The van der Waals surface area contributed by atoms with Gasteiger partial charge in [-0.1, -0.05) is 0 Å². The first kappa shape index (κ1) is 14.4. The Balaban J connectivity index is 1.76. The predicted octanol–water partition coefficient (Wildman–Crippen LogP) is 2.55. The first-order valence-corrected chi connectivity index (χ1v) is 8.86. The highest BCUT2D eigenvalue weighted by Gasteiger charge is 2.23. The molecule has 0 amide bonds. The fraction of sp³-hybridized carbons (Fsp3) is 0.467. The molecule has 0 aliphatic heterocycles. The van der Waals surface area contributed by atoms with Crippen LogP contribution in [0.1, 0.15) is 19.8 Å². The lowest BCUT2D eigenvalue weighted by molar-refractivity contribution is 0.211. The minimum absolute atomic E-state index is 0.382. The van der Waals surface area contributed by atoms with Gasteiger partial charge in [0.2, 0.25) is 0 Å². The van der Waals surface area contributed by atoms with E-state index in [1.54, 1.807) is 6.92 Å². The molecule has 5 nitrogen and oxygen atoms in total. The van der Waals surface area contributed by atoms with Gasteiger partial charge in [0.15, 0.2) is 0 Å². The molecule has 1 saturated carbocycles. The van der Waals surface area contributed by atoms with E-state index in [0.29, 0.717) is 12.6 Å². The van der Waals surface area contributed by atoms with Crippen LogP contribution < -0.4 is 4.74 Å². The molecule has 0 unspecified atom stereocenters. The van der Waals surface area contributed by atoms with Gasteiger partial charge in [-0.2, -0.15) is 8.42 Å².